The van der Waals surface area contributed by atoms with Crippen molar-refractivity contribution in [1.29, 1.82) is 0 Å². The highest BCUT2D eigenvalue weighted by molar-refractivity contribution is 5.84. The number of amides is 1. The van der Waals surface area contributed by atoms with Crippen LogP contribution in [0.1, 0.15) is 18.9 Å². The van der Waals surface area contributed by atoms with Crippen molar-refractivity contribution in [2.45, 2.75) is 19.8 Å². The van der Waals surface area contributed by atoms with Gasteiger partial charge in [-0.25, -0.2) is 0 Å². The summed E-state index contributed by atoms with van der Waals surface area (Å²) in [5, 5.41) is 3.95. The van der Waals surface area contributed by atoms with E-state index in [0.29, 0.717) is 12.5 Å². The van der Waals surface area contributed by atoms with Gasteiger partial charge in [-0.3, -0.25) is 9.59 Å². The predicted molar refractivity (Wildman–Crippen MR) is 83.2 cm³/mol. The lowest BCUT2D eigenvalue weighted by Gasteiger charge is -2.06. The highest BCUT2D eigenvalue weighted by atomic mass is 16.5. The number of benzene rings is 1. The second-order valence-electron chi connectivity index (χ2n) is 5.89. The molecule has 0 bridgehead atoms. The summed E-state index contributed by atoms with van der Waals surface area (Å²) in [6.07, 6.45) is 3.58. The summed E-state index contributed by atoms with van der Waals surface area (Å²) < 4.78 is 5.00. The fourth-order valence-corrected chi connectivity index (χ4v) is 2.62. The van der Waals surface area contributed by atoms with E-state index in [9.17, 15) is 9.59 Å². The lowest BCUT2D eigenvalue weighted by atomic mass is 10.1. The zero-order valence-electron chi connectivity index (χ0n) is 12.6. The standard InChI is InChI=1S/C17H20N2O3/c1-11-8-14(11)17(21)22-10-16(20)18-7-6-12-9-19-15-5-3-2-4-13(12)15/h2-5,9,11,14,19H,6-8,10H2,1H3,(H,18,20)/t11-,14-/m1/s1. The van der Waals surface area contributed by atoms with E-state index >= 15 is 0 Å². The van der Waals surface area contributed by atoms with Crippen LogP contribution in [0.15, 0.2) is 30.5 Å². The van der Waals surface area contributed by atoms with Gasteiger partial charge in [-0.2, -0.15) is 0 Å². The maximum Gasteiger partial charge on any atom is 0.309 e. The van der Waals surface area contributed by atoms with Crippen LogP contribution in [0.4, 0.5) is 0 Å². The number of nitrogens with one attached hydrogen (secondary N) is 2. The highest BCUT2D eigenvalue weighted by Crippen LogP contribution is 2.38. The lowest BCUT2D eigenvalue weighted by molar-refractivity contribution is -0.150. The van der Waals surface area contributed by atoms with Crippen LogP contribution in [0.2, 0.25) is 0 Å². The number of rotatable bonds is 6. The first-order valence-corrected chi connectivity index (χ1v) is 7.63. The summed E-state index contributed by atoms with van der Waals surface area (Å²) in [5.41, 5.74) is 2.26. The molecule has 1 aromatic carbocycles. The average Bonchev–Trinajstić information content (AvgIpc) is 3.11. The fourth-order valence-electron chi connectivity index (χ4n) is 2.62. The summed E-state index contributed by atoms with van der Waals surface area (Å²) in [6, 6.07) is 8.06. The number of esters is 1. The maximum absolute atomic E-state index is 11.7. The molecule has 1 amide bonds. The van der Waals surface area contributed by atoms with Gasteiger partial charge in [0.2, 0.25) is 0 Å². The number of aromatic nitrogens is 1. The summed E-state index contributed by atoms with van der Waals surface area (Å²) in [6.45, 7) is 2.35. The molecule has 2 aromatic rings. The van der Waals surface area contributed by atoms with E-state index in [1.807, 2.05) is 31.3 Å². The van der Waals surface area contributed by atoms with E-state index in [2.05, 4.69) is 16.4 Å². The first-order valence-electron chi connectivity index (χ1n) is 7.63. The largest absolute Gasteiger partial charge is 0.455 e. The number of hydrogen-bond acceptors (Lipinski definition) is 3. The van der Waals surface area contributed by atoms with E-state index in [1.165, 1.54) is 10.9 Å². The molecule has 116 valence electrons. The number of carbonyl (C=O) groups excluding carboxylic acids is 2. The van der Waals surface area contributed by atoms with Crippen LogP contribution in [-0.4, -0.2) is 30.0 Å². The Morgan fingerprint density at radius 1 is 1.36 bits per heavy atom. The number of hydrogen-bond donors (Lipinski definition) is 2. The molecule has 0 radical (unpaired) electrons. The van der Waals surface area contributed by atoms with Crippen LogP contribution in [0.5, 0.6) is 0 Å². The molecule has 0 aliphatic heterocycles. The molecule has 1 aliphatic carbocycles. The molecule has 5 heteroatoms. The van der Waals surface area contributed by atoms with Gasteiger partial charge in [-0.05, 0) is 30.4 Å². The molecule has 2 N–H and O–H groups in total. The highest BCUT2D eigenvalue weighted by Gasteiger charge is 2.40. The molecule has 1 saturated carbocycles. The van der Waals surface area contributed by atoms with E-state index < -0.39 is 0 Å². The fraction of sp³-hybridized carbons (Fsp3) is 0.412. The molecule has 0 saturated heterocycles. The Morgan fingerprint density at radius 2 is 2.14 bits per heavy atom. The molecule has 22 heavy (non-hydrogen) atoms. The first kappa shape index (κ1) is 14.6. The average molecular weight is 300 g/mol. The molecule has 1 fully saturated rings. The second-order valence-corrected chi connectivity index (χ2v) is 5.89. The molecule has 2 atom stereocenters. The first-order chi connectivity index (χ1) is 10.6. The SMILES string of the molecule is C[C@@H]1C[C@H]1C(=O)OCC(=O)NCCc1c[nH]c2ccccc12. The zero-order valence-corrected chi connectivity index (χ0v) is 12.6. The lowest BCUT2D eigenvalue weighted by Crippen LogP contribution is -2.30. The van der Waals surface area contributed by atoms with E-state index in [1.54, 1.807) is 0 Å². The van der Waals surface area contributed by atoms with E-state index in [0.717, 1.165) is 18.4 Å². The third-order valence-electron chi connectivity index (χ3n) is 4.15. The molecule has 1 aromatic heterocycles. The van der Waals surface area contributed by atoms with Crippen LogP contribution < -0.4 is 5.32 Å². The van der Waals surface area contributed by atoms with Crippen molar-refractivity contribution in [2.24, 2.45) is 11.8 Å². The normalized spacial score (nSPS) is 19.9. The van der Waals surface area contributed by atoms with Crippen molar-refractivity contribution in [2.75, 3.05) is 13.2 Å². The molecular formula is C17H20N2O3. The van der Waals surface area contributed by atoms with Crippen molar-refractivity contribution >= 4 is 22.8 Å². The second kappa shape index (κ2) is 6.22. The van der Waals surface area contributed by atoms with Gasteiger partial charge in [0, 0.05) is 23.6 Å². The van der Waals surface area contributed by atoms with Gasteiger partial charge in [0.05, 0.1) is 5.92 Å². The number of fused-ring (bicyclic) bond motifs is 1. The quantitative estimate of drug-likeness (QED) is 0.802. The van der Waals surface area contributed by atoms with Crippen molar-refractivity contribution in [3.63, 3.8) is 0 Å². The van der Waals surface area contributed by atoms with Gasteiger partial charge in [0.1, 0.15) is 0 Å². The van der Waals surface area contributed by atoms with Crippen LogP contribution >= 0.6 is 0 Å². The van der Waals surface area contributed by atoms with Gasteiger partial charge in [0.25, 0.3) is 5.91 Å². The van der Waals surface area contributed by atoms with Gasteiger partial charge in [-0.1, -0.05) is 25.1 Å². The van der Waals surface area contributed by atoms with Crippen molar-refractivity contribution in [3.05, 3.63) is 36.0 Å². The monoisotopic (exact) mass is 300 g/mol. The number of ether oxygens (including phenoxy) is 1. The Kier molecular flexibility index (Phi) is 4.13. The van der Waals surface area contributed by atoms with Crippen molar-refractivity contribution in [1.82, 2.24) is 10.3 Å². The smallest absolute Gasteiger partial charge is 0.309 e. The minimum Gasteiger partial charge on any atom is -0.455 e. The Balaban J connectivity index is 1.41. The summed E-state index contributed by atoms with van der Waals surface area (Å²) in [4.78, 5) is 26.4. The zero-order chi connectivity index (χ0) is 15.5. The van der Waals surface area contributed by atoms with Crippen molar-refractivity contribution in [3.8, 4) is 0 Å². The molecular weight excluding hydrogens is 280 g/mol. The number of aromatic amines is 1. The summed E-state index contributed by atoms with van der Waals surface area (Å²) in [5.74, 6) is -0.0998. The van der Waals surface area contributed by atoms with Crippen LogP contribution in [0.3, 0.4) is 0 Å². The Labute approximate surface area is 129 Å². The number of para-hydroxylation sites is 1. The molecule has 1 heterocycles. The molecule has 3 rings (SSSR count). The Morgan fingerprint density at radius 3 is 2.91 bits per heavy atom. The molecule has 0 spiro atoms. The van der Waals surface area contributed by atoms with Gasteiger partial charge >= 0.3 is 5.97 Å². The molecule has 0 unspecified atom stereocenters. The molecule has 5 nitrogen and oxygen atoms in total. The number of carbonyl (C=O) groups is 2. The van der Waals surface area contributed by atoms with Crippen molar-refractivity contribution < 1.29 is 14.3 Å². The van der Waals surface area contributed by atoms with Gasteiger partial charge in [0.15, 0.2) is 6.61 Å². The Hall–Kier alpha value is -2.30. The van der Waals surface area contributed by atoms with Crippen LogP contribution in [0, 0.1) is 11.8 Å². The minimum atomic E-state index is -0.251. The van der Waals surface area contributed by atoms with Gasteiger partial charge < -0.3 is 15.0 Å². The molecule has 1 aliphatic rings. The minimum absolute atomic E-state index is 0.000907. The third kappa shape index (κ3) is 3.30. The maximum atomic E-state index is 11.7. The Bertz CT molecular complexity index is 692. The predicted octanol–water partition coefficient (Wildman–Crippen LogP) is 2.03. The third-order valence-corrected chi connectivity index (χ3v) is 4.15. The number of H-pyrrole nitrogens is 1. The van der Waals surface area contributed by atoms with E-state index in [4.69, 9.17) is 4.74 Å². The summed E-state index contributed by atoms with van der Waals surface area (Å²) in [7, 11) is 0. The van der Waals surface area contributed by atoms with Crippen LogP contribution in [0.25, 0.3) is 10.9 Å². The van der Waals surface area contributed by atoms with Gasteiger partial charge in [-0.15, -0.1) is 0 Å². The topological polar surface area (TPSA) is 71.2 Å². The van der Waals surface area contributed by atoms with E-state index in [-0.39, 0.29) is 24.4 Å². The van der Waals surface area contributed by atoms with Crippen LogP contribution in [-0.2, 0) is 20.7 Å². The summed E-state index contributed by atoms with van der Waals surface area (Å²) >= 11 is 0.